The average Bonchev–Trinajstić information content (AvgIpc) is 3.61. The number of hydrogen-bond donors (Lipinski definition) is 2. The van der Waals surface area contributed by atoms with Crippen LogP contribution >= 0.6 is 0 Å². The molecule has 42 heavy (non-hydrogen) atoms. The van der Waals surface area contributed by atoms with Crippen LogP contribution in [0.2, 0.25) is 0 Å². The quantitative estimate of drug-likeness (QED) is 0.257. The largest absolute Gasteiger partial charge is 0.497 e. The molecule has 1 saturated heterocycles. The molecule has 1 aliphatic rings. The summed E-state index contributed by atoms with van der Waals surface area (Å²) in [5, 5.41) is 11.1. The van der Waals surface area contributed by atoms with Crippen molar-refractivity contribution in [3.8, 4) is 11.5 Å². The first kappa shape index (κ1) is 27.5. The number of fused-ring (bicyclic) bond motifs is 1. The number of aliphatic hydroxyl groups is 1. The molecule has 0 spiro atoms. The van der Waals surface area contributed by atoms with Crippen molar-refractivity contribution in [3.63, 3.8) is 0 Å². The van der Waals surface area contributed by atoms with E-state index in [9.17, 15) is 9.90 Å². The first-order valence-corrected chi connectivity index (χ1v) is 13.5. The summed E-state index contributed by atoms with van der Waals surface area (Å²) in [6, 6.07) is 25.4. The molecule has 11 nitrogen and oxygen atoms in total. The monoisotopic (exact) mass is 569 g/mol. The van der Waals surface area contributed by atoms with Crippen LogP contribution in [0.4, 0.5) is 5.95 Å². The van der Waals surface area contributed by atoms with E-state index < -0.39 is 29.7 Å². The van der Waals surface area contributed by atoms with E-state index in [4.69, 9.17) is 24.7 Å². The first-order valence-electron chi connectivity index (χ1n) is 13.5. The second-order valence-corrected chi connectivity index (χ2v) is 9.99. The van der Waals surface area contributed by atoms with E-state index >= 15 is 0 Å². The molecule has 5 aromatic rings. The number of methoxy groups -OCH3 is 2. The number of benzene rings is 3. The van der Waals surface area contributed by atoms with Crippen molar-refractivity contribution in [1.82, 2.24) is 18.9 Å². The van der Waals surface area contributed by atoms with Gasteiger partial charge >= 0.3 is 5.69 Å². The summed E-state index contributed by atoms with van der Waals surface area (Å²) in [6.45, 7) is 0.0564. The van der Waals surface area contributed by atoms with Gasteiger partial charge in [-0.2, -0.15) is 9.97 Å². The maximum atomic E-state index is 12.2. The molecule has 0 bridgehead atoms. The topological polar surface area (TPSA) is 135 Å². The van der Waals surface area contributed by atoms with Crippen LogP contribution in [0, 0.1) is 0 Å². The van der Waals surface area contributed by atoms with E-state index in [1.807, 2.05) is 78.9 Å². The van der Waals surface area contributed by atoms with Crippen molar-refractivity contribution >= 4 is 11.7 Å². The molecule has 0 unspecified atom stereocenters. The molecule has 3 atom stereocenters. The summed E-state index contributed by atoms with van der Waals surface area (Å²) in [7, 11) is 3.25. The predicted molar refractivity (Wildman–Crippen MR) is 154 cm³/mol. The molecule has 0 saturated carbocycles. The highest BCUT2D eigenvalue weighted by molar-refractivity contribution is 5.49. The Morgan fingerprint density at radius 2 is 1.50 bits per heavy atom. The second kappa shape index (κ2) is 11.3. The van der Waals surface area contributed by atoms with Crippen molar-refractivity contribution in [1.29, 1.82) is 0 Å². The third-order valence-electron chi connectivity index (χ3n) is 7.61. The molecule has 0 aliphatic carbocycles. The van der Waals surface area contributed by atoms with Crippen LogP contribution < -0.4 is 20.9 Å². The van der Waals surface area contributed by atoms with Gasteiger partial charge in [-0.1, -0.05) is 54.6 Å². The number of rotatable bonds is 9. The molecule has 1 fully saturated rings. The Hall–Kier alpha value is -4.71. The summed E-state index contributed by atoms with van der Waals surface area (Å²) in [6.07, 6.45) is 1.35. The molecular weight excluding hydrogens is 538 g/mol. The number of nitrogens with two attached hydrogens (primary N) is 1. The van der Waals surface area contributed by atoms with Gasteiger partial charge in [0, 0.05) is 18.8 Å². The highest BCUT2D eigenvalue weighted by Crippen LogP contribution is 2.42. The van der Waals surface area contributed by atoms with E-state index in [1.165, 1.54) is 4.40 Å². The lowest BCUT2D eigenvalue weighted by Gasteiger charge is -2.37. The standard InChI is InChI=1S/C31H31N5O6/c1-39-23-12-8-21(9-13-23)31(20-6-4-3-5-7-20,22-10-14-24(40-2)15-11-22)41-19-26-25(37)18-27(42-26)35-16-17-36-29(35)33-28(32)34-30(36)38/h3-17,25-27,37H,18-19H2,1-2H3,(H2,32,34,38)/t25-,26+,27+/m0/s1. The lowest BCUT2D eigenvalue weighted by Crippen LogP contribution is -2.38. The number of aliphatic hydroxyl groups excluding tert-OH is 1. The molecule has 3 heterocycles. The van der Waals surface area contributed by atoms with Crippen LogP contribution in [-0.2, 0) is 15.1 Å². The lowest BCUT2D eigenvalue weighted by molar-refractivity contribution is -0.0930. The number of anilines is 1. The van der Waals surface area contributed by atoms with Crippen molar-refractivity contribution in [2.24, 2.45) is 0 Å². The molecule has 1 aliphatic heterocycles. The fourth-order valence-corrected chi connectivity index (χ4v) is 5.48. The molecule has 3 N–H and O–H groups in total. The molecule has 2 aromatic heterocycles. The molecule has 3 aromatic carbocycles. The van der Waals surface area contributed by atoms with Crippen LogP contribution in [0.25, 0.3) is 5.78 Å². The summed E-state index contributed by atoms with van der Waals surface area (Å²) in [5.41, 5.74) is 6.76. The van der Waals surface area contributed by atoms with Crippen LogP contribution in [-0.4, -0.2) is 57.1 Å². The van der Waals surface area contributed by atoms with Gasteiger partial charge in [0.2, 0.25) is 11.7 Å². The summed E-state index contributed by atoms with van der Waals surface area (Å²) in [5.74, 6) is 1.58. The fourth-order valence-electron chi connectivity index (χ4n) is 5.48. The third-order valence-corrected chi connectivity index (χ3v) is 7.61. The zero-order valence-corrected chi connectivity index (χ0v) is 23.2. The van der Waals surface area contributed by atoms with Crippen molar-refractivity contribution in [2.75, 3.05) is 26.6 Å². The summed E-state index contributed by atoms with van der Waals surface area (Å²) < 4.78 is 27.0. The second-order valence-electron chi connectivity index (χ2n) is 9.99. The Morgan fingerprint density at radius 3 is 2.10 bits per heavy atom. The van der Waals surface area contributed by atoms with Crippen LogP contribution in [0.5, 0.6) is 11.5 Å². The zero-order valence-electron chi connectivity index (χ0n) is 23.2. The van der Waals surface area contributed by atoms with Crippen molar-refractivity contribution in [2.45, 2.75) is 30.5 Å². The highest BCUT2D eigenvalue weighted by atomic mass is 16.6. The summed E-state index contributed by atoms with van der Waals surface area (Å²) in [4.78, 5) is 20.1. The van der Waals surface area contributed by atoms with Crippen LogP contribution in [0.3, 0.4) is 0 Å². The fraction of sp³-hybridized carbons (Fsp3) is 0.258. The number of nitrogen functional groups attached to an aromatic ring is 1. The Bertz CT molecular complexity index is 1670. The molecular formula is C31H31N5O6. The minimum atomic E-state index is -1.06. The number of imidazole rings is 1. The van der Waals surface area contributed by atoms with Gasteiger partial charge in [-0.05, 0) is 41.0 Å². The molecule has 0 radical (unpaired) electrons. The smallest absolute Gasteiger partial charge is 0.357 e. The van der Waals surface area contributed by atoms with Gasteiger partial charge in [0.15, 0.2) is 0 Å². The van der Waals surface area contributed by atoms with Gasteiger partial charge in [-0.15, -0.1) is 0 Å². The normalized spacial score (nSPS) is 18.8. The first-order chi connectivity index (χ1) is 20.4. The van der Waals surface area contributed by atoms with E-state index in [2.05, 4.69) is 9.97 Å². The Balaban J connectivity index is 1.37. The van der Waals surface area contributed by atoms with E-state index in [1.54, 1.807) is 31.2 Å². The van der Waals surface area contributed by atoms with Crippen molar-refractivity contribution < 1.29 is 24.1 Å². The Morgan fingerprint density at radius 1 is 0.905 bits per heavy atom. The predicted octanol–water partition coefficient (Wildman–Crippen LogP) is 3.15. The minimum absolute atomic E-state index is 0.0564. The maximum Gasteiger partial charge on any atom is 0.357 e. The average molecular weight is 570 g/mol. The van der Waals surface area contributed by atoms with Crippen LogP contribution in [0.15, 0.2) is 96.1 Å². The molecule has 6 rings (SSSR count). The maximum absolute atomic E-state index is 12.2. The zero-order chi connectivity index (χ0) is 29.3. The number of nitrogens with zero attached hydrogens (tertiary/aromatic N) is 4. The van der Waals surface area contributed by atoms with E-state index in [0.717, 1.165) is 28.2 Å². The number of hydrogen-bond acceptors (Lipinski definition) is 9. The van der Waals surface area contributed by atoms with Gasteiger partial charge in [0.1, 0.15) is 29.4 Å². The SMILES string of the molecule is COc1ccc(C(OC[C@H]2O[C@@H](n3ccn4c(=O)nc(N)nc34)C[C@@H]2O)(c2ccccc2)c2ccc(OC)cc2)cc1. The highest BCUT2D eigenvalue weighted by Gasteiger charge is 2.42. The molecule has 0 amide bonds. The van der Waals surface area contributed by atoms with Crippen LogP contribution in [0.1, 0.15) is 29.3 Å². The molecule has 11 heteroatoms. The molecule has 216 valence electrons. The van der Waals surface area contributed by atoms with Gasteiger partial charge in [-0.25, -0.2) is 9.20 Å². The summed E-state index contributed by atoms with van der Waals surface area (Å²) >= 11 is 0. The van der Waals surface area contributed by atoms with Crippen molar-refractivity contribution in [3.05, 3.63) is 118 Å². The van der Waals surface area contributed by atoms with E-state index in [-0.39, 0.29) is 24.8 Å². The Labute approximate surface area is 241 Å². The minimum Gasteiger partial charge on any atom is -0.497 e. The van der Waals surface area contributed by atoms with Gasteiger partial charge in [0.05, 0.1) is 26.9 Å². The number of ether oxygens (including phenoxy) is 4. The van der Waals surface area contributed by atoms with E-state index in [0.29, 0.717) is 0 Å². The van der Waals surface area contributed by atoms with Gasteiger partial charge < -0.3 is 29.8 Å². The lowest BCUT2D eigenvalue weighted by atomic mass is 9.80. The Kier molecular flexibility index (Phi) is 7.38. The number of aromatic nitrogens is 4. The van der Waals surface area contributed by atoms with Gasteiger partial charge in [-0.3, -0.25) is 4.57 Å². The third kappa shape index (κ3) is 4.87. The van der Waals surface area contributed by atoms with Gasteiger partial charge in [0.25, 0.3) is 0 Å².